The molecule has 0 aliphatic rings. The van der Waals surface area contributed by atoms with E-state index in [1.165, 1.54) is 6.07 Å². The van der Waals surface area contributed by atoms with Gasteiger partial charge in [0.05, 0.1) is 11.4 Å². The van der Waals surface area contributed by atoms with Crippen LogP contribution in [-0.2, 0) is 0 Å². The molecule has 0 fully saturated rings. The Labute approximate surface area is 162 Å². The predicted octanol–water partition coefficient (Wildman–Crippen LogP) is 4.95. The van der Waals surface area contributed by atoms with E-state index in [2.05, 4.69) is 17.4 Å². The maximum absolute atomic E-state index is 12.6. The highest BCUT2D eigenvalue weighted by Crippen LogP contribution is 2.22. The number of para-hydroxylation sites is 1. The first-order valence-corrected chi connectivity index (χ1v) is 9.11. The number of fused-ring (bicyclic) bond motifs is 1. The molecule has 0 aliphatic heterocycles. The van der Waals surface area contributed by atoms with Gasteiger partial charge in [-0.05, 0) is 35.7 Å². The molecule has 1 heterocycles. The highest BCUT2D eigenvalue weighted by Gasteiger charge is 2.15. The minimum atomic E-state index is -0.414. The molecule has 1 amide bonds. The molecule has 0 aliphatic carbocycles. The Morgan fingerprint density at radius 2 is 1.50 bits per heavy atom. The summed E-state index contributed by atoms with van der Waals surface area (Å²) >= 11 is 0. The standard InChI is InChI=1S/C24H19NO3/c1-16(17-11-13-19(14-12-17)18-7-3-2-4-8-18)25-24(27)23-15-21(26)20-9-5-6-10-22(20)28-23/h2-16H,1H3,(H,25,27). The van der Waals surface area contributed by atoms with Crippen molar-refractivity contribution < 1.29 is 9.21 Å². The van der Waals surface area contributed by atoms with Gasteiger partial charge in [0.25, 0.3) is 5.91 Å². The third kappa shape index (κ3) is 3.58. The molecule has 4 nitrogen and oxygen atoms in total. The van der Waals surface area contributed by atoms with Gasteiger partial charge >= 0.3 is 0 Å². The molecule has 0 bridgehead atoms. The summed E-state index contributed by atoms with van der Waals surface area (Å²) in [5.74, 6) is -0.404. The molecule has 4 heteroatoms. The van der Waals surface area contributed by atoms with Crippen molar-refractivity contribution >= 4 is 16.9 Å². The lowest BCUT2D eigenvalue weighted by atomic mass is 10.0. The molecular weight excluding hydrogens is 350 g/mol. The molecule has 1 atom stereocenters. The monoisotopic (exact) mass is 369 g/mol. The van der Waals surface area contributed by atoms with E-state index in [-0.39, 0.29) is 17.2 Å². The summed E-state index contributed by atoms with van der Waals surface area (Å²) < 4.78 is 5.61. The van der Waals surface area contributed by atoms with Gasteiger partial charge in [0.2, 0.25) is 0 Å². The number of carbonyl (C=O) groups excluding carboxylic acids is 1. The van der Waals surface area contributed by atoms with Crippen LogP contribution in [0.1, 0.15) is 29.1 Å². The summed E-state index contributed by atoms with van der Waals surface area (Å²) in [6.07, 6.45) is 0. The van der Waals surface area contributed by atoms with E-state index in [0.29, 0.717) is 11.0 Å². The summed E-state index contributed by atoms with van der Waals surface area (Å²) in [5, 5.41) is 3.35. The van der Waals surface area contributed by atoms with Crippen LogP contribution in [0, 0.1) is 0 Å². The zero-order valence-corrected chi connectivity index (χ0v) is 15.4. The fraction of sp³-hybridized carbons (Fsp3) is 0.0833. The van der Waals surface area contributed by atoms with Crippen molar-refractivity contribution in [3.8, 4) is 11.1 Å². The number of nitrogens with one attached hydrogen (secondary N) is 1. The van der Waals surface area contributed by atoms with Gasteiger partial charge in [-0.2, -0.15) is 0 Å². The zero-order valence-electron chi connectivity index (χ0n) is 15.4. The SMILES string of the molecule is CC(NC(=O)c1cc(=O)c2ccccc2o1)c1ccc(-c2ccccc2)cc1. The molecular formula is C24H19NO3. The van der Waals surface area contributed by atoms with Crippen molar-refractivity contribution in [3.63, 3.8) is 0 Å². The van der Waals surface area contributed by atoms with Gasteiger partial charge in [0.1, 0.15) is 5.58 Å². The molecule has 1 N–H and O–H groups in total. The molecule has 3 aromatic carbocycles. The molecule has 4 aromatic rings. The molecule has 1 aromatic heterocycles. The molecule has 0 saturated carbocycles. The van der Waals surface area contributed by atoms with Gasteiger partial charge in [0.15, 0.2) is 11.2 Å². The van der Waals surface area contributed by atoms with Crippen LogP contribution in [0.15, 0.2) is 94.1 Å². The van der Waals surface area contributed by atoms with Crippen molar-refractivity contribution in [1.82, 2.24) is 5.32 Å². The van der Waals surface area contributed by atoms with E-state index >= 15 is 0 Å². The van der Waals surface area contributed by atoms with Crippen LogP contribution in [0.3, 0.4) is 0 Å². The molecule has 138 valence electrons. The number of hydrogen-bond acceptors (Lipinski definition) is 3. The fourth-order valence-electron chi connectivity index (χ4n) is 3.16. The second kappa shape index (κ2) is 7.53. The normalized spacial score (nSPS) is 11.9. The van der Waals surface area contributed by atoms with Crippen LogP contribution in [-0.4, -0.2) is 5.91 Å². The smallest absolute Gasteiger partial charge is 0.287 e. The predicted molar refractivity (Wildman–Crippen MR) is 110 cm³/mol. The molecule has 0 radical (unpaired) electrons. The van der Waals surface area contributed by atoms with E-state index in [1.807, 2.05) is 49.4 Å². The zero-order chi connectivity index (χ0) is 19.5. The van der Waals surface area contributed by atoms with Gasteiger partial charge in [-0.3, -0.25) is 9.59 Å². The van der Waals surface area contributed by atoms with Gasteiger partial charge < -0.3 is 9.73 Å². The summed E-state index contributed by atoms with van der Waals surface area (Å²) in [6, 6.07) is 26.1. The topological polar surface area (TPSA) is 59.3 Å². The van der Waals surface area contributed by atoms with Gasteiger partial charge in [-0.15, -0.1) is 0 Å². The van der Waals surface area contributed by atoms with E-state index in [1.54, 1.807) is 24.3 Å². The Kier molecular flexibility index (Phi) is 4.77. The number of amides is 1. The van der Waals surface area contributed by atoms with E-state index in [0.717, 1.165) is 16.7 Å². The quantitative estimate of drug-likeness (QED) is 0.554. The van der Waals surface area contributed by atoms with Crippen LogP contribution >= 0.6 is 0 Å². The Morgan fingerprint density at radius 1 is 0.857 bits per heavy atom. The van der Waals surface area contributed by atoms with Crippen molar-refractivity contribution in [1.29, 1.82) is 0 Å². The Bertz CT molecular complexity index is 1180. The second-order valence-corrected chi connectivity index (χ2v) is 6.65. The van der Waals surface area contributed by atoms with E-state index in [9.17, 15) is 9.59 Å². The van der Waals surface area contributed by atoms with Crippen LogP contribution in [0.5, 0.6) is 0 Å². The van der Waals surface area contributed by atoms with E-state index < -0.39 is 5.91 Å². The van der Waals surface area contributed by atoms with Crippen molar-refractivity contribution in [2.45, 2.75) is 13.0 Å². The van der Waals surface area contributed by atoms with Crippen LogP contribution < -0.4 is 10.7 Å². The van der Waals surface area contributed by atoms with Gasteiger partial charge in [0, 0.05) is 6.07 Å². The Morgan fingerprint density at radius 3 is 2.25 bits per heavy atom. The summed E-state index contributed by atoms with van der Waals surface area (Å²) in [4.78, 5) is 24.8. The average Bonchev–Trinajstić information content (AvgIpc) is 2.74. The summed E-state index contributed by atoms with van der Waals surface area (Å²) in [6.45, 7) is 1.90. The van der Waals surface area contributed by atoms with Crippen molar-refractivity contribution in [2.24, 2.45) is 0 Å². The van der Waals surface area contributed by atoms with Crippen molar-refractivity contribution in [3.05, 3.63) is 106 Å². The number of benzene rings is 3. The fourth-order valence-corrected chi connectivity index (χ4v) is 3.16. The third-order valence-electron chi connectivity index (χ3n) is 4.72. The maximum atomic E-state index is 12.6. The van der Waals surface area contributed by atoms with Crippen LogP contribution in [0.25, 0.3) is 22.1 Å². The summed E-state index contributed by atoms with van der Waals surface area (Å²) in [5.41, 5.74) is 3.40. The lowest BCUT2D eigenvalue weighted by molar-refractivity contribution is 0.0912. The Balaban J connectivity index is 1.52. The first-order valence-electron chi connectivity index (χ1n) is 9.11. The minimum Gasteiger partial charge on any atom is -0.451 e. The molecule has 1 unspecified atom stereocenters. The molecule has 28 heavy (non-hydrogen) atoms. The van der Waals surface area contributed by atoms with Crippen LogP contribution in [0.4, 0.5) is 0 Å². The first-order chi connectivity index (χ1) is 13.6. The van der Waals surface area contributed by atoms with Gasteiger partial charge in [-0.1, -0.05) is 66.7 Å². The average molecular weight is 369 g/mol. The highest BCUT2D eigenvalue weighted by atomic mass is 16.3. The number of hydrogen-bond donors (Lipinski definition) is 1. The first kappa shape index (κ1) is 17.7. The van der Waals surface area contributed by atoms with E-state index in [4.69, 9.17) is 4.42 Å². The number of rotatable bonds is 4. The van der Waals surface area contributed by atoms with Crippen LogP contribution in [0.2, 0.25) is 0 Å². The molecule has 0 saturated heterocycles. The molecule has 4 rings (SSSR count). The minimum absolute atomic E-state index is 0.0106. The number of carbonyl (C=O) groups is 1. The lowest BCUT2D eigenvalue weighted by Gasteiger charge is -2.14. The third-order valence-corrected chi connectivity index (χ3v) is 4.72. The largest absolute Gasteiger partial charge is 0.451 e. The lowest BCUT2D eigenvalue weighted by Crippen LogP contribution is -2.27. The highest BCUT2D eigenvalue weighted by molar-refractivity contribution is 5.93. The molecule has 0 spiro atoms. The maximum Gasteiger partial charge on any atom is 0.287 e. The van der Waals surface area contributed by atoms with Crippen molar-refractivity contribution in [2.75, 3.05) is 0 Å². The second-order valence-electron chi connectivity index (χ2n) is 6.65. The van der Waals surface area contributed by atoms with Gasteiger partial charge in [-0.25, -0.2) is 0 Å². The Hall–Kier alpha value is -3.66. The summed E-state index contributed by atoms with van der Waals surface area (Å²) in [7, 11) is 0.